The van der Waals surface area contributed by atoms with Crippen LogP contribution in [-0.4, -0.2) is 11.7 Å². The van der Waals surface area contributed by atoms with Gasteiger partial charge in [-0.3, -0.25) is 0 Å². The van der Waals surface area contributed by atoms with Crippen LogP contribution in [0.2, 0.25) is 0 Å². The van der Waals surface area contributed by atoms with E-state index in [2.05, 4.69) is 27.8 Å². The first-order chi connectivity index (χ1) is 4.84. The summed E-state index contributed by atoms with van der Waals surface area (Å²) in [6.07, 6.45) is 0. The molecule has 0 radical (unpaired) electrons. The molecule has 0 aromatic carbocycles. The number of rotatable bonds is 0. The molecule has 10 heavy (non-hydrogen) atoms. The predicted octanol–water partition coefficient (Wildman–Crippen LogP) is 1.85. The van der Waals surface area contributed by atoms with Gasteiger partial charge in [-0.25, -0.2) is 0 Å². The molecule has 1 N–H and O–H groups in total. The summed E-state index contributed by atoms with van der Waals surface area (Å²) in [4.78, 5) is 0. The average Bonchev–Trinajstić information content (AvgIpc) is 2.31. The van der Waals surface area contributed by atoms with E-state index in [0.29, 0.717) is 0 Å². The maximum absolute atomic E-state index is 8.37. The lowest BCUT2D eigenvalue weighted by atomic mass is 10.3. The fraction of sp³-hybridized carbons (Fsp3) is 0.143. The number of aliphatic hydroxyl groups excluding tert-OH is 1. The number of hydrogen-bond donors (Lipinski definition) is 1. The number of aliphatic hydroxyl groups is 1. The Morgan fingerprint density at radius 3 is 2.90 bits per heavy atom. The van der Waals surface area contributed by atoms with Crippen LogP contribution in [0, 0.1) is 11.8 Å². The summed E-state index contributed by atoms with van der Waals surface area (Å²) in [5.41, 5.74) is 0.944. The van der Waals surface area contributed by atoms with Crippen molar-refractivity contribution in [3.63, 3.8) is 0 Å². The molecule has 0 aliphatic heterocycles. The summed E-state index contributed by atoms with van der Waals surface area (Å²) in [5, 5.41) is 12.3. The van der Waals surface area contributed by atoms with Crippen LogP contribution >= 0.6 is 27.3 Å². The predicted molar refractivity (Wildman–Crippen MR) is 46.0 cm³/mol. The van der Waals surface area contributed by atoms with Crippen LogP contribution in [-0.2, 0) is 0 Å². The van der Waals surface area contributed by atoms with E-state index in [4.69, 9.17) is 5.11 Å². The third-order valence-electron chi connectivity index (χ3n) is 0.917. The summed E-state index contributed by atoms with van der Waals surface area (Å²) in [5.74, 6) is 5.38. The Balaban J connectivity index is 2.84. The van der Waals surface area contributed by atoms with Crippen LogP contribution in [0.3, 0.4) is 0 Å². The minimum absolute atomic E-state index is 0.0811. The fourth-order valence-corrected chi connectivity index (χ4v) is 1.83. The van der Waals surface area contributed by atoms with E-state index in [9.17, 15) is 0 Å². The van der Waals surface area contributed by atoms with Crippen LogP contribution < -0.4 is 0 Å². The summed E-state index contributed by atoms with van der Waals surface area (Å²) in [7, 11) is 0. The second kappa shape index (κ2) is 3.77. The molecule has 1 nitrogen and oxygen atoms in total. The second-order valence-electron chi connectivity index (χ2n) is 1.59. The molecule has 0 aliphatic rings. The van der Waals surface area contributed by atoms with Gasteiger partial charge in [-0.1, -0.05) is 11.8 Å². The molecule has 0 amide bonds. The van der Waals surface area contributed by atoms with E-state index >= 15 is 0 Å². The third-order valence-corrected chi connectivity index (χ3v) is 2.62. The molecule has 0 saturated heterocycles. The molecule has 0 unspecified atom stereocenters. The maximum Gasteiger partial charge on any atom is 0.104 e. The van der Waals surface area contributed by atoms with E-state index in [1.54, 1.807) is 11.3 Å². The van der Waals surface area contributed by atoms with Crippen molar-refractivity contribution in [2.45, 2.75) is 0 Å². The van der Waals surface area contributed by atoms with Gasteiger partial charge < -0.3 is 5.11 Å². The smallest absolute Gasteiger partial charge is 0.104 e. The topological polar surface area (TPSA) is 20.2 Å². The van der Waals surface area contributed by atoms with Gasteiger partial charge in [0, 0.05) is 20.8 Å². The standard InChI is InChI=1S/C7H5BrOS/c8-7-5-10-4-6(7)2-1-3-9/h4-5,9H,3H2. The van der Waals surface area contributed by atoms with Crippen LogP contribution in [0.1, 0.15) is 5.56 Å². The first kappa shape index (κ1) is 7.80. The highest BCUT2D eigenvalue weighted by Gasteiger charge is 1.93. The Hall–Kier alpha value is -0.300. The molecule has 1 rings (SSSR count). The molecule has 0 spiro atoms. The minimum atomic E-state index is -0.0811. The van der Waals surface area contributed by atoms with Gasteiger partial charge in [0.25, 0.3) is 0 Å². The maximum atomic E-state index is 8.37. The first-order valence-electron chi connectivity index (χ1n) is 2.66. The van der Waals surface area contributed by atoms with Crippen molar-refractivity contribution in [3.8, 4) is 11.8 Å². The lowest BCUT2D eigenvalue weighted by Crippen LogP contribution is -1.72. The van der Waals surface area contributed by atoms with Gasteiger partial charge in [0.1, 0.15) is 6.61 Å². The van der Waals surface area contributed by atoms with Gasteiger partial charge in [0.05, 0.1) is 0 Å². The Morgan fingerprint density at radius 1 is 1.60 bits per heavy atom. The Kier molecular flexibility index (Phi) is 2.94. The Labute approximate surface area is 71.8 Å². The third kappa shape index (κ3) is 1.84. The normalized spacial score (nSPS) is 8.60. The number of thiophene rings is 1. The molecule has 0 saturated carbocycles. The van der Waals surface area contributed by atoms with E-state index in [0.717, 1.165) is 10.0 Å². The molecule has 0 fully saturated rings. The zero-order chi connectivity index (χ0) is 7.40. The zero-order valence-corrected chi connectivity index (χ0v) is 7.50. The lowest BCUT2D eigenvalue weighted by Gasteiger charge is -1.80. The van der Waals surface area contributed by atoms with Gasteiger partial charge in [0.15, 0.2) is 0 Å². The van der Waals surface area contributed by atoms with E-state index in [1.807, 2.05) is 10.8 Å². The highest BCUT2D eigenvalue weighted by molar-refractivity contribution is 9.10. The summed E-state index contributed by atoms with van der Waals surface area (Å²) < 4.78 is 0.999. The lowest BCUT2D eigenvalue weighted by molar-refractivity contribution is 0.350. The minimum Gasteiger partial charge on any atom is -0.384 e. The van der Waals surface area contributed by atoms with Crippen molar-refractivity contribution < 1.29 is 5.11 Å². The van der Waals surface area contributed by atoms with Crippen LogP contribution in [0.25, 0.3) is 0 Å². The monoisotopic (exact) mass is 216 g/mol. The van der Waals surface area contributed by atoms with Crippen molar-refractivity contribution in [2.75, 3.05) is 6.61 Å². The molecular formula is C7H5BrOS. The molecule has 0 aliphatic carbocycles. The fourth-order valence-electron chi connectivity index (χ4n) is 0.505. The largest absolute Gasteiger partial charge is 0.384 e. The van der Waals surface area contributed by atoms with Gasteiger partial charge in [-0.15, -0.1) is 11.3 Å². The Morgan fingerprint density at radius 2 is 2.40 bits per heavy atom. The molecule has 52 valence electrons. The summed E-state index contributed by atoms with van der Waals surface area (Å²) in [6, 6.07) is 0. The van der Waals surface area contributed by atoms with Gasteiger partial charge in [-0.05, 0) is 15.9 Å². The van der Waals surface area contributed by atoms with E-state index in [-0.39, 0.29) is 6.61 Å². The molecule has 3 heteroatoms. The van der Waals surface area contributed by atoms with E-state index < -0.39 is 0 Å². The molecule has 0 atom stereocenters. The van der Waals surface area contributed by atoms with Crippen molar-refractivity contribution in [1.29, 1.82) is 0 Å². The number of halogens is 1. The van der Waals surface area contributed by atoms with E-state index in [1.165, 1.54) is 0 Å². The average molecular weight is 217 g/mol. The molecule has 1 aromatic rings. The zero-order valence-electron chi connectivity index (χ0n) is 5.10. The second-order valence-corrected chi connectivity index (χ2v) is 3.19. The molecule has 1 aromatic heterocycles. The quantitative estimate of drug-likeness (QED) is 0.657. The first-order valence-corrected chi connectivity index (χ1v) is 4.39. The van der Waals surface area contributed by atoms with Crippen LogP contribution in [0.4, 0.5) is 0 Å². The van der Waals surface area contributed by atoms with Gasteiger partial charge in [-0.2, -0.15) is 0 Å². The Bertz CT molecular complexity index is 269. The highest BCUT2D eigenvalue weighted by atomic mass is 79.9. The molecule has 1 heterocycles. The molecule has 0 bridgehead atoms. The summed E-state index contributed by atoms with van der Waals surface area (Å²) in [6.45, 7) is -0.0811. The SMILES string of the molecule is OCC#Cc1cscc1Br. The van der Waals surface area contributed by atoms with Crippen molar-refractivity contribution in [2.24, 2.45) is 0 Å². The van der Waals surface area contributed by atoms with Crippen molar-refractivity contribution in [1.82, 2.24) is 0 Å². The number of hydrogen-bond acceptors (Lipinski definition) is 2. The van der Waals surface area contributed by atoms with Gasteiger partial charge in [0.2, 0.25) is 0 Å². The van der Waals surface area contributed by atoms with Gasteiger partial charge >= 0.3 is 0 Å². The molecular weight excluding hydrogens is 212 g/mol. The van der Waals surface area contributed by atoms with Crippen LogP contribution in [0.15, 0.2) is 15.2 Å². The van der Waals surface area contributed by atoms with Crippen molar-refractivity contribution >= 4 is 27.3 Å². The summed E-state index contributed by atoms with van der Waals surface area (Å²) >= 11 is 4.91. The van der Waals surface area contributed by atoms with Crippen molar-refractivity contribution in [3.05, 3.63) is 20.8 Å². The highest BCUT2D eigenvalue weighted by Crippen LogP contribution is 2.19. The van der Waals surface area contributed by atoms with Crippen LogP contribution in [0.5, 0.6) is 0 Å².